The standard InChI is InChI=1S/C27H36BrN3O4S/c1-17(23-14-19(28)16-36-23)29-27-21-15-22(33-3)26(35-5)20(25(21)30-18(2)31-27)12-10-8-6-7-9-11-13-24(32)34-4/h14-17H,6-13H2,1-5H3,(H,29,30,31)/t17-/m0/s1. The Labute approximate surface area is 226 Å². The summed E-state index contributed by atoms with van der Waals surface area (Å²) in [6.45, 7) is 4.06. The molecule has 1 atom stereocenters. The fourth-order valence-electron chi connectivity index (χ4n) is 4.33. The maximum absolute atomic E-state index is 11.2. The molecule has 3 aromatic rings. The first-order chi connectivity index (χ1) is 17.4. The molecule has 1 N–H and O–H groups in total. The van der Waals surface area contributed by atoms with Crippen molar-refractivity contribution in [2.24, 2.45) is 0 Å². The number of ether oxygens (including phenoxy) is 3. The van der Waals surface area contributed by atoms with E-state index in [9.17, 15) is 4.79 Å². The van der Waals surface area contributed by atoms with Crippen LogP contribution in [0.15, 0.2) is 22.0 Å². The van der Waals surface area contributed by atoms with Crippen molar-refractivity contribution in [3.63, 3.8) is 0 Å². The third kappa shape index (κ3) is 7.32. The van der Waals surface area contributed by atoms with E-state index >= 15 is 0 Å². The number of methoxy groups -OCH3 is 3. The lowest BCUT2D eigenvalue weighted by Gasteiger charge is -2.19. The Hall–Kier alpha value is -2.39. The number of aromatic nitrogens is 2. The first kappa shape index (κ1) is 28.2. The molecule has 2 aromatic heterocycles. The third-order valence-corrected chi connectivity index (χ3v) is 8.07. The molecular formula is C27H36BrN3O4S. The maximum Gasteiger partial charge on any atom is 0.305 e. The number of carbonyl (C=O) groups is 1. The van der Waals surface area contributed by atoms with Gasteiger partial charge in [-0.2, -0.15) is 0 Å². The zero-order valence-electron chi connectivity index (χ0n) is 21.8. The van der Waals surface area contributed by atoms with Crippen molar-refractivity contribution in [3.05, 3.63) is 38.3 Å². The lowest BCUT2D eigenvalue weighted by molar-refractivity contribution is -0.140. The zero-order chi connectivity index (χ0) is 26.1. The van der Waals surface area contributed by atoms with E-state index < -0.39 is 0 Å². The molecule has 0 saturated heterocycles. The SMILES string of the molecule is COC(=O)CCCCCCCCc1c(OC)c(OC)cc2c(N[C@@H](C)c3cc(Br)cs3)nc(C)nc12. The fourth-order valence-corrected chi connectivity index (χ4v) is 5.78. The second-order valence-corrected chi connectivity index (χ2v) is 10.7. The van der Waals surface area contributed by atoms with E-state index in [-0.39, 0.29) is 12.0 Å². The average Bonchev–Trinajstić information content (AvgIpc) is 3.31. The number of fused-ring (bicyclic) bond motifs is 1. The molecule has 7 nitrogen and oxygen atoms in total. The highest BCUT2D eigenvalue weighted by molar-refractivity contribution is 9.10. The number of hydrogen-bond acceptors (Lipinski definition) is 8. The lowest BCUT2D eigenvalue weighted by atomic mass is 10.00. The number of halogens is 1. The van der Waals surface area contributed by atoms with Gasteiger partial charge in [0.1, 0.15) is 11.6 Å². The quantitative estimate of drug-likeness (QED) is 0.158. The van der Waals surface area contributed by atoms with Gasteiger partial charge >= 0.3 is 5.97 Å². The zero-order valence-corrected chi connectivity index (χ0v) is 24.2. The van der Waals surface area contributed by atoms with Crippen LogP contribution in [0.5, 0.6) is 11.5 Å². The van der Waals surface area contributed by atoms with Gasteiger partial charge in [-0.25, -0.2) is 9.97 Å². The van der Waals surface area contributed by atoms with Crippen LogP contribution in [0, 0.1) is 6.92 Å². The van der Waals surface area contributed by atoms with E-state index in [4.69, 9.17) is 24.2 Å². The molecule has 0 aliphatic carbocycles. The van der Waals surface area contributed by atoms with E-state index in [0.717, 1.165) is 77.5 Å². The molecule has 3 rings (SSSR count). The number of unbranched alkanes of at least 4 members (excludes halogenated alkanes) is 5. The Kier molecular flexibility index (Phi) is 10.8. The highest BCUT2D eigenvalue weighted by Crippen LogP contribution is 2.40. The lowest BCUT2D eigenvalue weighted by Crippen LogP contribution is -2.09. The van der Waals surface area contributed by atoms with Crippen molar-refractivity contribution >= 4 is 50.0 Å². The van der Waals surface area contributed by atoms with Gasteiger partial charge in [-0.05, 0) is 61.2 Å². The number of esters is 1. The predicted molar refractivity (Wildman–Crippen MR) is 149 cm³/mol. The van der Waals surface area contributed by atoms with Crippen molar-refractivity contribution in [3.8, 4) is 11.5 Å². The number of hydrogen-bond donors (Lipinski definition) is 1. The number of rotatable bonds is 14. The molecule has 0 fully saturated rings. The minimum atomic E-state index is -0.129. The van der Waals surface area contributed by atoms with Crippen molar-refractivity contribution in [1.82, 2.24) is 9.97 Å². The van der Waals surface area contributed by atoms with Crippen LogP contribution in [0.1, 0.15) is 74.2 Å². The van der Waals surface area contributed by atoms with Crippen molar-refractivity contribution in [2.75, 3.05) is 26.6 Å². The molecule has 1 aromatic carbocycles. The number of thiophene rings is 1. The normalized spacial score (nSPS) is 11.9. The summed E-state index contributed by atoms with van der Waals surface area (Å²) in [5.41, 5.74) is 1.96. The Bertz CT molecular complexity index is 1170. The van der Waals surface area contributed by atoms with Gasteiger partial charge in [0.15, 0.2) is 11.5 Å². The number of benzene rings is 1. The molecule has 0 bridgehead atoms. The Balaban J connectivity index is 1.78. The van der Waals surface area contributed by atoms with Gasteiger partial charge in [-0.15, -0.1) is 11.3 Å². The van der Waals surface area contributed by atoms with E-state index in [1.165, 1.54) is 12.0 Å². The topological polar surface area (TPSA) is 82.6 Å². The van der Waals surface area contributed by atoms with Gasteiger partial charge in [0, 0.05) is 32.1 Å². The van der Waals surface area contributed by atoms with Gasteiger partial charge in [0.05, 0.1) is 32.9 Å². The van der Waals surface area contributed by atoms with Crippen LogP contribution in [-0.2, 0) is 16.0 Å². The molecule has 0 aliphatic rings. The van der Waals surface area contributed by atoms with Crippen molar-refractivity contribution in [1.29, 1.82) is 0 Å². The largest absolute Gasteiger partial charge is 0.493 e. The van der Waals surface area contributed by atoms with Crippen LogP contribution >= 0.6 is 27.3 Å². The molecular weight excluding hydrogens is 542 g/mol. The van der Waals surface area contributed by atoms with Crippen LogP contribution in [0.2, 0.25) is 0 Å². The Morgan fingerprint density at radius 2 is 1.78 bits per heavy atom. The molecule has 0 amide bonds. The smallest absolute Gasteiger partial charge is 0.305 e. The summed E-state index contributed by atoms with van der Waals surface area (Å²) < 4.78 is 17.3. The third-order valence-electron chi connectivity index (χ3n) is 6.19. The van der Waals surface area contributed by atoms with Crippen LogP contribution in [0.4, 0.5) is 5.82 Å². The number of anilines is 1. The summed E-state index contributed by atoms with van der Waals surface area (Å²) in [5, 5.41) is 6.60. The van der Waals surface area contributed by atoms with Crippen molar-refractivity contribution in [2.45, 2.75) is 71.3 Å². The van der Waals surface area contributed by atoms with E-state index in [0.29, 0.717) is 18.0 Å². The van der Waals surface area contributed by atoms with Crippen LogP contribution < -0.4 is 14.8 Å². The summed E-state index contributed by atoms with van der Waals surface area (Å²) in [6, 6.07) is 4.19. The monoisotopic (exact) mass is 577 g/mol. The molecule has 0 spiro atoms. The minimum absolute atomic E-state index is 0.0922. The summed E-state index contributed by atoms with van der Waals surface area (Å²) in [5.74, 6) is 2.80. The Morgan fingerprint density at radius 3 is 2.42 bits per heavy atom. The number of nitrogens with zero attached hydrogens (tertiary/aromatic N) is 2. The first-order valence-corrected chi connectivity index (χ1v) is 14.0. The summed E-state index contributed by atoms with van der Waals surface area (Å²) in [4.78, 5) is 22.0. The second kappa shape index (κ2) is 13.8. The molecule has 9 heteroatoms. The molecule has 0 saturated carbocycles. The van der Waals surface area contributed by atoms with Crippen LogP contribution in [0.25, 0.3) is 10.9 Å². The number of nitrogens with one attached hydrogen (secondary N) is 1. The molecule has 0 unspecified atom stereocenters. The summed E-state index contributed by atoms with van der Waals surface area (Å²) in [6.07, 6.45) is 7.61. The highest BCUT2D eigenvalue weighted by atomic mass is 79.9. The molecule has 36 heavy (non-hydrogen) atoms. The van der Waals surface area contributed by atoms with Gasteiger partial charge < -0.3 is 19.5 Å². The van der Waals surface area contributed by atoms with E-state index in [1.807, 2.05) is 13.0 Å². The highest BCUT2D eigenvalue weighted by Gasteiger charge is 2.20. The average molecular weight is 579 g/mol. The summed E-state index contributed by atoms with van der Waals surface area (Å²) >= 11 is 5.25. The second-order valence-electron chi connectivity index (χ2n) is 8.84. The number of carbonyl (C=O) groups excluding carboxylic acids is 1. The van der Waals surface area contributed by atoms with E-state index in [2.05, 4.69) is 39.6 Å². The van der Waals surface area contributed by atoms with Crippen LogP contribution in [-0.4, -0.2) is 37.3 Å². The summed E-state index contributed by atoms with van der Waals surface area (Å²) in [7, 11) is 4.78. The molecule has 0 radical (unpaired) electrons. The fraction of sp³-hybridized carbons (Fsp3) is 0.519. The minimum Gasteiger partial charge on any atom is -0.493 e. The maximum atomic E-state index is 11.2. The van der Waals surface area contributed by atoms with Gasteiger partial charge in [0.25, 0.3) is 0 Å². The predicted octanol–water partition coefficient (Wildman–Crippen LogP) is 7.40. The van der Waals surface area contributed by atoms with Gasteiger partial charge in [-0.1, -0.05) is 25.7 Å². The van der Waals surface area contributed by atoms with Gasteiger partial charge in [0.2, 0.25) is 0 Å². The Morgan fingerprint density at radius 1 is 1.06 bits per heavy atom. The van der Waals surface area contributed by atoms with Gasteiger partial charge in [-0.3, -0.25) is 4.79 Å². The number of aryl methyl sites for hydroxylation is 2. The van der Waals surface area contributed by atoms with E-state index in [1.54, 1.807) is 25.6 Å². The first-order valence-electron chi connectivity index (χ1n) is 12.4. The van der Waals surface area contributed by atoms with Crippen molar-refractivity contribution < 1.29 is 19.0 Å². The molecule has 196 valence electrons. The van der Waals surface area contributed by atoms with Crippen LogP contribution in [0.3, 0.4) is 0 Å². The molecule has 0 aliphatic heterocycles. The molecule has 2 heterocycles.